The zero-order chi connectivity index (χ0) is 15.9. The van der Waals surface area contributed by atoms with Crippen molar-refractivity contribution in [2.75, 3.05) is 25.3 Å². The Kier molecular flexibility index (Phi) is 6.01. The third-order valence-corrected chi connectivity index (χ3v) is 4.18. The molecule has 0 unspecified atom stereocenters. The third kappa shape index (κ3) is 4.10. The second-order valence-electron chi connectivity index (χ2n) is 5.22. The van der Waals surface area contributed by atoms with Gasteiger partial charge >= 0.3 is 0 Å². The van der Waals surface area contributed by atoms with Gasteiger partial charge in [0.1, 0.15) is 5.75 Å². The van der Waals surface area contributed by atoms with E-state index in [1.54, 1.807) is 18.9 Å². The molecule has 0 saturated heterocycles. The second kappa shape index (κ2) is 7.99. The summed E-state index contributed by atoms with van der Waals surface area (Å²) in [7, 11) is 1.69. The van der Waals surface area contributed by atoms with Gasteiger partial charge in [-0.15, -0.1) is 11.8 Å². The Hall–Kier alpha value is -1.81. The van der Waals surface area contributed by atoms with Gasteiger partial charge in [-0.3, -0.25) is 4.68 Å². The topological polar surface area (TPSA) is 26.2 Å². The predicted octanol–water partition coefficient (Wildman–Crippen LogP) is 4.45. The van der Waals surface area contributed by atoms with Gasteiger partial charge < -0.3 is 10.2 Å². The van der Waals surface area contributed by atoms with Crippen molar-refractivity contribution in [2.24, 2.45) is 0 Å². The van der Waals surface area contributed by atoms with Crippen LogP contribution in [-0.4, -0.2) is 24.6 Å². The molecule has 0 bridgehead atoms. The van der Waals surface area contributed by atoms with E-state index in [1.807, 2.05) is 12.1 Å². The molecule has 118 valence electrons. The first-order valence-electron chi connectivity index (χ1n) is 7.40. The van der Waals surface area contributed by atoms with Gasteiger partial charge in [0.25, 0.3) is 0 Å². The summed E-state index contributed by atoms with van der Waals surface area (Å²) in [6.45, 7) is 5.12. The van der Waals surface area contributed by atoms with E-state index in [1.165, 1.54) is 22.5 Å². The highest BCUT2D eigenvalue weighted by Gasteiger charge is 2.04. The SMILES string of the molecule is COc1ccc(/C(=C/SC)CCNn2c(C)ccc2C)cc1. The minimum atomic E-state index is 0.893. The van der Waals surface area contributed by atoms with E-state index >= 15 is 0 Å². The van der Waals surface area contributed by atoms with Crippen molar-refractivity contribution in [2.45, 2.75) is 20.3 Å². The van der Waals surface area contributed by atoms with Crippen molar-refractivity contribution in [1.29, 1.82) is 0 Å². The number of aromatic nitrogens is 1. The van der Waals surface area contributed by atoms with Crippen molar-refractivity contribution in [3.05, 3.63) is 58.8 Å². The van der Waals surface area contributed by atoms with Crippen molar-refractivity contribution in [1.82, 2.24) is 4.68 Å². The van der Waals surface area contributed by atoms with Gasteiger partial charge in [-0.25, -0.2) is 0 Å². The van der Waals surface area contributed by atoms with E-state index in [0.717, 1.165) is 18.7 Å². The standard InChI is InChI=1S/C18H24N2OS/c1-14-5-6-15(2)20(14)19-12-11-17(13-22-4)16-7-9-18(21-3)10-8-16/h5-10,13,19H,11-12H2,1-4H3/b17-13+. The summed E-state index contributed by atoms with van der Waals surface area (Å²) < 4.78 is 7.37. The Bertz CT molecular complexity index is 610. The third-order valence-electron chi connectivity index (χ3n) is 3.66. The molecule has 2 rings (SSSR count). The number of rotatable bonds is 7. The Labute approximate surface area is 137 Å². The van der Waals surface area contributed by atoms with Crippen LogP contribution in [0.5, 0.6) is 5.75 Å². The van der Waals surface area contributed by atoms with Gasteiger partial charge in [0.15, 0.2) is 0 Å². The summed E-state index contributed by atoms with van der Waals surface area (Å²) in [6, 6.07) is 12.5. The number of aryl methyl sites for hydroxylation is 2. The van der Waals surface area contributed by atoms with E-state index in [9.17, 15) is 0 Å². The maximum absolute atomic E-state index is 5.22. The summed E-state index contributed by atoms with van der Waals surface area (Å²) in [5.74, 6) is 0.893. The van der Waals surface area contributed by atoms with Crippen LogP contribution < -0.4 is 10.2 Å². The number of hydrogen-bond donors (Lipinski definition) is 1. The first kappa shape index (κ1) is 16.6. The van der Waals surface area contributed by atoms with Crippen LogP contribution in [-0.2, 0) is 0 Å². The molecule has 0 fully saturated rings. The summed E-state index contributed by atoms with van der Waals surface area (Å²) in [5, 5.41) is 2.22. The van der Waals surface area contributed by atoms with Crippen LogP contribution in [0.15, 0.2) is 41.8 Å². The number of nitrogens with one attached hydrogen (secondary N) is 1. The Morgan fingerprint density at radius 2 is 1.77 bits per heavy atom. The number of methoxy groups -OCH3 is 1. The highest BCUT2D eigenvalue weighted by Crippen LogP contribution is 2.23. The largest absolute Gasteiger partial charge is 0.497 e. The van der Waals surface area contributed by atoms with E-state index in [2.05, 4.69) is 59.9 Å². The van der Waals surface area contributed by atoms with Crippen LogP contribution in [0.3, 0.4) is 0 Å². The number of hydrogen-bond acceptors (Lipinski definition) is 3. The fraction of sp³-hybridized carbons (Fsp3) is 0.333. The molecule has 0 aliphatic heterocycles. The lowest BCUT2D eigenvalue weighted by Crippen LogP contribution is -2.18. The van der Waals surface area contributed by atoms with Gasteiger partial charge in [-0.1, -0.05) is 12.1 Å². The highest BCUT2D eigenvalue weighted by molar-refractivity contribution is 8.01. The Morgan fingerprint density at radius 3 is 2.32 bits per heavy atom. The van der Waals surface area contributed by atoms with Crippen LogP contribution >= 0.6 is 11.8 Å². The lowest BCUT2D eigenvalue weighted by atomic mass is 10.0. The molecule has 1 aromatic heterocycles. The fourth-order valence-electron chi connectivity index (χ4n) is 2.44. The van der Waals surface area contributed by atoms with E-state index in [0.29, 0.717) is 0 Å². The molecule has 0 saturated carbocycles. The van der Waals surface area contributed by atoms with Gasteiger partial charge in [-0.2, -0.15) is 0 Å². The zero-order valence-corrected chi connectivity index (χ0v) is 14.5. The Balaban J connectivity index is 2.01. The van der Waals surface area contributed by atoms with Crippen LogP contribution in [0.25, 0.3) is 5.57 Å². The maximum atomic E-state index is 5.22. The lowest BCUT2D eigenvalue weighted by Gasteiger charge is -2.14. The molecular weight excluding hydrogens is 292 g/mol. The molecule has 1 heterocycles. The normalized spacial score (nSPS) is 11.5. The number of ether oxygens (including phenoxy) is 1. The lowest BCUT2D eigenvalue weighted by molar-refractivity contribution is 0.415. The minimum Gasteiger partial charge on any atom is -0.497 e. The molecule has 0 radical (unpaired) electrons. The van der Waals surface area contributed by atoms with Crippen molar-refractivity contribution < 1.29 is 4.74 Å². The number of thioether (sulfide) groups is 1. The number of nitrogens with zero attached hydrogens (tertiary/aromatic N) is 1. The summed E-state index contributed by atoms with van der Waals surface area (Å²) in [6.07, 6.45) is 3.07. The molecule has 3 nitrogen and oxygen atoms in total. The molecule has 4 heteroatoms. The monoisotopic (exact) mass is 316 g/mol. The van der Waals surface area contributed by atoms with Gasteiger partial charge in [-0.05, 0) is 67.3 Å². The molecule has 22 heavy (non-hydrogen) atoms. The van der Waals surface area contributed by atoms with Crippen LogP contribution in [0.4, 0.5) is 0 Å². The molecule has 1 N–H and O–H groups in total. The Morgan fingerprint density at radius 1 is 1.14 bits per heavy atom. The average molecular weight is 316 g/mol. The molecule has 0 spiro atoms. The van der Waals surface area contributed by atoms with E-state index in [-0.39, 0.29) is 0 Å². The smallest absolute Gasteiger partial charge is 0.118 e. The molecule has 0 amide bonds. The zero-order valence-electron chi connectivity index (χ0n) is 13.7. The van der Waals surface area contributed by atoms with Gasteiger partial charge in [0, 0.05) is 17.9 Å². The molecule has 0 aliphatic rings. The van der Waals surface area contributed by atoms with Gasteiger partial charge in [0.05, 0.1) is 7.11 Å². The average Bonchev–Trinajstić information content (AvgIpc) is 2.86. The quantitative estimate of drug-likeness (QED) is 0.817. The van der Waals surface area contributed by atoms with Crippen molar-refractivity contribution in [3.8, 4) is 5.75 Å². The first-order valence-corrected chi connectivity index (χ1v) is 8.69. The summed E-state index contributed by atoms with van der Waals surface area (Å²) >= 11 is 1.74. The van der Waals surface area contributed by atoms with Crippen LogP contribution in [0.1, 0.15) is 23.4 Å². The van der Waals surface area contributed by atoms with Crippen molar-refractivity contribution >= 4 is 17.3 Å². The second-order valence-corrected chi connectivity index (χ2v) is 5.92. The molecule has 1 aromatic carbocycles. The first-order chi connectivity index (χ1) is 10.7. The summed E-state index contributed by atoms with van der Waals surface area (Å²) in [5.41, 5.74) is 8.54. The molecule has 2 aromatic rings. The molecule has 0 aliphatic carbocycles. The van der Waals surface area contributed by atoms with E-state index in [4.69, 9.17) is 4.74 Å². The van der Waals surface area contributed by atoms with E-state index < -0.39 is 0 Å². The van der Waals surface area contributed by atoms with Crippen molar-refractivity contribution in [3.63, 3.8) is 0 Å². The molecule has 0 atom stereocenters. The summed E-state index contributed by atoms with van der Waals surface area (Å²) in [4.78, 5) is 0. The fourth-order valence-corrected chi connectivity index (χ4v) is 2.98. The minimum absolute atomic E-state index is 0.893. The highest BCUT2D eigenvalue weighted by atomic mass is 32.2. The maximum Gasteiger partial charge on any atom is 0.118 e. The number of benzene rings is 1. The van der Waals surface area contributed by atoms with Crippen LogP contribution in [0, 0.1) is 13.8 Å². The van der Waals surface area contributed by atoms with Gasteiger partial charge in [0.2, 0.25) is 0 Å². The molecular formula is C18H24N2OS. The predicted molar refractivity (Wildman–Crippen MR) is 97.2 cm³/mol. The van der Waals surface area contributed by atoms with Crippen LogP contribution in [0.2, 0.25) is 0 Å².